The Morgan fingerprint density at radius 2 is 2.04 bits per heavy atom. The summed E-state index contributed by atoms with van der Waals surface area (Å²) in [4.78, 5) is 15.7. The van der Waals surface area contributed by atoms with Crippen molar-refractivity contribution in [1.29, 1.82) is 0 Å². The van der Waals surface area contributed by atoms with E-state index in [1.165, 1.54) is 18.4 Å². The molecule has 1 amide bonds. The zero-order valence-electron chi connectivity index (χ0n) is 15.9. The molecule has 4 nitrogen and oxygen atoms in total. The van der Waals surface area contributed by atoms with Gasteiger partial charge in [-0.15, -0.1) is 0 Å². The highest BCUT2D eigenvalue weighted by Gasteiger charge is 2.58. The third-order valence-corrected chi connectivity index (χ3v) is 7.18. The molecule has 3 unspecified atom stereocenters. The van der Waals surface area contributed by atoms with Gasteiger partial charge in [0.05, 0.1) is 5.92 Å². The third kappa shape index (κ3) is 3.82. The van der Waals surface area contributed by atoms with Crippen LogP contribution in [-0.2, 0) is 11.3 Å². The summed E-state index contributed by atoms with van der Waals surface area (Å²) in [5, 5.41) is 7.70. The first-order valence-corrected chi connectivity index (χ1v) is 10.9. The van der Waals surface area contributed by atoms with Crippen molar-refractivity contribution in [3.05, 3.63) is 58.3 Å². The Labute approximate surface area is 165 Å². The lowest BCUT2D eigenvalue weighted by atomic mass is 9.91. The van der Waals surface area contributed by atoms with Gasteiger partial charge in [-0.3, -0.25) is 4.79 Å². The second kappa shape index (κ2) is 7.74. The van der Waals surface area contributed by atoms with Gasteiger partial charge in [0, 0.05) is 18.6 Å². The van der Waals surface area contributed by atoms with Crippen LogP contribution in [0.4, 0.5) is 0 Å². The van der Waals surface area contributed by atoms with Crippen LogP contribution in [-0.4, -0.2) is 29.9 Å². The van der Waals surface area contributed by atoms with Crippen molar-refractivity contribution in [2.24, 2.45) is 17.1 Å². The second-order valence-corrected chi connectivity index (χ2v) is 8.94. The van der Waals surface area contributed by atoms with E-state index in [0.717, 1.165) is 25.1 Å². The van der Waals surface area contributed by atoms with E-state index in [4.69, 9.17) is 5.73 Å². The molecule has 27 heavy (non-hydrogen) atoms. The van der Waals surface area contributed by atoms with Crippen molar-refractivity contribution in [2.75, 3.05) is 13.1 Å². The smallest absolute Gasteiger partial charge is 0.227 e. The summed E-state index contributed by atoms with van der Waals surface area (Å²) < 4.78 is 0. The third-order valence-electron chi connectivity index (χ3n) is 6.45. The number of nitrogens with zero attached hydrogens (tertiary/aromatic N) is 1. The number of benzene rings is 1. The van der Waals surface area contributed by atoms with Crippen LogP contribution in [0, 0.1) is 11.3 Å². The molecule has 3 atom stereocenters. The molecule has 1 aliphatic heterocycles. The molecule has 2 heterocycles. The van der Waals surface area contributed by atoms with Gasteiger partial charge in [-0.05, 0) is 65.7 Å². The van der Waals surface area contributed by atoms with E-state index in [1.54, 1.807) is 11.3 Å². The Kier molecular flexibility index (Phi) is 5.35. The number of hydrogen-bond donors (Lipinski definition) is 2. The Balaban J connectivity index is 1.53. The zero-order chi connectivity index (χ0) is 18.9. The predicted octanol–water partition coefficient (Wildman–Crippen LogP) is 3.55. The molecule has 5 heteroatoms. The molecular weight excluding hydrogens is 354 g/mol. The number of nitrogens with one attached hydrogen (secondary N) is 1. The summed E-state index contributed by atoms with van der Waals surface area (Å²) >= 11 is 1.69. The number of amides is 1. The lowest BCUT2D eigenvalue weighted by Gasteiger charge is -2.32. The average Bonchev–Trinajstić information content (AvgIpc) is 3.14. The largest absolute Gasteiger partial charge is 0.334 e. The Morgan fingerprint density at radius 1 is 1.30 bits per heavy atom. The van der Waals surface area contributed by atoms with E-state index in [-0.39, 0.29) is 17.9 Å². The average molecular weight is 384 g/mol. The van der Waals surface area contributed by atoms with E-state index < -0.39 is 0 Å². The predicted molar refractivity (Wildman–Crippen MR) is 110 cm³/mol. The molecular formula is C22H29N3OS. The van der Waals surface area contributed by atoms with E-state index in [9.17, 15) is 4.79 Å². The number of nitrogens with two attached hydrogens (primary N) is 1. The highest BCUT2D eigenvalue weighted by molar-refractivity contribution is 7.07. The van der Waals surface area contributed by atoms with E-state index in [0.29, 0.717) is 18.0 Å². The summed E-state index contributed by atoms with van der Waals surface area (Å²) in [5.41, 5.74) is 9.07. The molecule has 2 aliphatic rings. The maximum absolute atomic E-state index is 13.5. The van der Waals surface area contributed by atoms with Crippen LogP contribution in [0.25, 0.3) is 0 Å². The summed E-state index contributed by atoms with van der Waals surface area (Å²) in [6.07, 6.45) is 3.48. The van der Waals surface area contributed by atoms with Crippen LogP contribution in [0.5, 0.6) is 0 Å². The number of carbonyl (C=O) groups is 1. The lowest BCUT2D eigenvalue weighted by Crippen LogP contribution is -2.43. The summed E-state index contributed by atoms with van der Waals surface area (Å²) in [6.45, 7) is 4.82. The molecule has 1 aliphatic carbocycles. The summed E-state index contributed by atoms with van der Waals surface area (Å²) in [6, 6.07) is 12.2. The van der Waals surface area contributed by atoms with Gasteiger partial charge in [0.25, 0.3) is 0 Å². The van der Waals surface area contributed by atoms with Crippen molar-refractivity contribution < 1.29 is 4.79 Å². The summed E-state index contributed by atoms with van der Waals surface area (Å²) in [7, 11) is 0. The molecule has 2 fully saturated rings. The Hall–Kier alpha value is -1.69. The van der Waals surface area contributed by atoms with Gasteiger partial charge in [-0.2, -0.15) is 11.3 Å². The maximum Gasteiger partial charge on any atom is 0.227 e. The molecule has 4 rings (SSSR count). The molecule has 144 valence electrons. The number of thiophene rings is 1. The van der Waals surface area contributed by atoms with Crippen LogP contribution in [0.15, 0.2) is 47.2 Å². The highest BCUT2D eigenvalue weighted by Crippen LogP contribution is 2.56. The molecule has 3 N–H and O–H groups in total. The van der Waals surface area contributed by atoms with Crippen molar-refractivity contribution in [3.8, 4) is 0 Å². The van der Waals surface area contributed by atoms with E-state index in [1.807, 2.05) is 37.3 Å². The van der Waals surface area contributed by atoms with Gasteiger partial charge in [-0.25, -0.2) is 0 Å². The van der Waals surface area contributed by atoms with E-state index in [2.05, 4.69) is 27.0 Å². The minimum Gasteiger partial charge on any atom is -0.334 e. The molecule has 1 saturated heterocycles. The quantitative estimate of drug-likeness (QED) is 0.802. The minimum atomic E-state index is -0.272. The topological polar surface area (TPSA) is 58.4 Å². The Morgan fingerprint density at radius 3 is 2.70 bits per heavy atom. The highest BCUT2D eigenvalue weighted by atomic mass is 32.1. The first-order valence-electron chi connectivity index (χ1n) is 9.93. The van der Waals surface area contributed by atoms with Crippen LogP contribution in [0.3, 0.4) is 0 Å². The first kappa shape index (κ1) is 18.7. The SMILES string of the molecule is CC(C(=O)N(Cc1ccsc1)C1CC12CCNCC2)C(N)c1ccccc1. The molecule has 1 saturated carbocycles. The first-order chi connectivity index (χ1) is 13.1. The minimum absolute atomic E-state index is 0.193. The van der Waals surface area contributed by atoms with Crippen molar-refractivity contribution in [3.63, 3.8) is 0 Å². The number of hydrogen-bond acceptors (Lipinski definition) is 4. The van der Waals surface area contributed by atoms with Gasteiger partial charge in [0.1, 0.15) is 0 Å². The van der Waals surface area contributed by atoms with Gasteiger partial charge in [-0.1, -0.05) is 37.3 Å². The van der Waals surface area contributed by atoms with Crippen LogP contribution in [0.1, 0.15) is 43.4 Å². The molecule has 2 aromatic rings. The van der Waals surface area contributed by atoms with Crippen molar-refractivity contribution >= 4 is 17.2 Å². The number of carbonyl (C=O) groups excluding carboxylic acids is 1. The fourth-order valence-electron chi connectivity index (χ4n) is 4.53. The molecule has 0 bridgehead atoms. The van der Waals surface area contributed by atoms with Crippen LogP contribution >= 0.6 is 11.3 Å². The second-order valence-electron chi connectivity index (χ2n) is 8.16. The fraction of sp³-hybridized carbons (Fsp3) is 0.500. The normalized spacial score (nSPS) is 23.0. The fourth-order valence-corrected chi connectivity index (χ4v) is 5.19. The number of rotatable bonds is 6. The monoisotopic (exact) mass is 383 g/mol. The van der Waals surface area contributed by atoms with Gasteiger partial charge >= 0.3 is 0 Å². The lowest BCUT2D eigenvalue weighted by molar-refractivity contribution is -0.137. The standard InChI is InChI=1S/C22H29N3OS/c1-16(20(23)18-5-3-2-4-6-18)21(26)25(14-17-7-12-27-15-17)19-13-22(19)8-10-24-11-9-22/h2-7,12,15-16,19-20,24H,8-11,13-14,23H2,1H3. The van der Waals surface area contributed by atoms with Gasteiger partial charge < -0.3 is 16.0 Å². The van der Waals surface area contributed by atoms with Crippen LogP contribution < -0.4 is 11.1 Å². The number of piperidine rings is 1. The Bertz CT molecular complexity index is 755. The van der Waals surface area contributed by atoms with Gasteiger partial charge in [0.15, 0.2) is 0 Å². The van der Waals surface area contributed by atoms with Crippen molar-refractivity contribution in [1.82, 2.24) is 10.2 Å². The van der Waals surface area contributed by atoms with Gasteiger partial charge in [0.2, 0.25) is 5.91 Å². The van der Waals surface area contributed by atoms with Crippen molar-refractivity contribution in [2.45, 2.75) is 44.8 Å². The molecule has 0 radical (unpaired) electrons. The summed E-state index contributed by atoms with van der Waals surface area (Å²) in [5.74, 6) is -0.0386. The molecule has 1 aromatic heterocycles. The van der Waals surface area contributed by atoms with E-state index >= 15 is 0 Å². The zero-order valence-corrected chi connectivity index (χ0v) is 16.8. The molecule has 1 aromatic carbocycles. The van der Waals surface area contributed by atoms with Crippen LogP contribution in [0.2, 0.25) is 0 Å². The molecule has 1 spiro atoms. The maximum atomic E-state index is 13.5.